The highest BCUT2D eigenvalue weighted by Gasteiger charge is 2.46. The lowest BCUT2D eigenvalue weighted by Gasteiger charge is -2.21. The molecule has 0 spiro atoms. The molecule has 1 aromatic rings. The molecule has 0 amide bonds. The number of aliphatic hydroxyl groups excluding tert-OH is 2. The van der Waals surface area contributed by atoms with Crippen molar-refractivity contribution in [3.05, 3.63) is 95.7 Å². The molecule has 2 aliphatic heterocycles. The van der Waals surface area contributed by atoms with Gasteiger partial charge in [0.15, 0.2) is 12.3 Å². The molecule has 4 unspecified atom stereocenters. The largest absolute Gasteiger partial charge is 0.481 e. The maximum atomic E-state index is 12.9. The number of nitrogen functional groups attached to an aromatic ring is 1. The summed E-state index contributed by atoms with van der Waals surface area (Å²) < 4.78 is 62.4. The van der Waals surface area contributed by atoms with Crippen LogP contribution < -0.4 is 11.4 Å². The minimum Gasteiger partial charge on any atom is -0.462 e. The fraction of sp³-hybridized carbons (Fsp3) is 0.654. The van der Waals surface area contributed by atoms with Crippen molar-refractivity contribution in [2.24, 2.45) is 0 Å². The number of unbranched alkanes of at least 4 members (excludes halogenated alkanes) is 11. The van der Waals surface area contributed by atoms with Gasteiger partial charge < -0.3 is 44.7 Å². The maximum absolute atomic E-state index is 12.9. The molecule has 6 N–H and O–H groups in total. The van der Waals surface area contributed by atoms with Crippen LogP contribution in [-0.4, -0.2) is 97.9 Å². The van der Waals surface area contributed by atoms with Crippen LogP contribution in [0.2, 0.25) is 0 Å². The second-order valence-electron chi connectivity index (χ2n) is 18.0. The molecular weight excluding hydrogens is 985 g/mol. The normalized spacial score (nSPS) is 22.3. The van der Waals surface area contributed by atoms with Crippen LogP contribution >= 0.6 is 15.6 Å². The van der Waals surface area contributed by atoms with E-state index in [0.29, 0.717) is 31.5 Å². The summed E-state index contributed by atoms with van der Waals surface area (Å²) in [7, 11) is -10.9. The second-order valence-corrected chi connectivity index (χ2v) is 21.1. The standard InChI is InChI=1S/C52H83N3O16P2/c1-3-5-7-8-9-10-11-12-13-14-19-22-25-28-32-36-48(57)68-42(39-65-47(56)35-31-27-24-21-18-16-15-17-20-23-26-30-34-44-43(69-44)33-29-6-4-2)40-66-72(61,62)71-73(63,64)67-41-45-49(58)50(59)51(70-45)55-38-37-46(53)54-52(55)60/h6,10-11,16-18,20,24,26-27,29-30,37-38,42-45,49-51,58-59H,3-5,7-9,12-15,19,21-23,25,28,31-36,39-41H2,1-2H3,(H,61,62)(H,63,64)(H2,53,54,60)/b11-10-,18-16-,20-17-,27-24-,29-6-,30-26-/t42-,43?,44?,45-,49-,50-,51-/m1/s1. The molecule has 19 nitrogen and oxygen atoms in total. The van der Waals surface area contributed by atoms with Gasteiger partial charge in [-0.1, -0.05) is 138 Å². The molecule has 0 saturated carbocycles. The second kappa shape index (κ2) is 37.0. The predicted molar refractivity (Wildman–Crippen MR) is 279 cm³/mol. The molecule has 0 aromatic carbocycles. The Balaban J connectivity index is 1.40. The number of nitrogens with two attached hydrogens (primary N) is 1. The van der Waals surface area contributed by atoms with E-state index in [-0.39, 0.29) is 18.7 Å². The molecule has 1 aromatic heterocycles. The zero-order valence-corrected chi connectivity index (χ0v) is 44.6. The number of allylic oxidation sites excluding steroid dienone is 10. The van der Waals surface area contributed by atoms with E-state index in [1.54, 1.807) is 0 Å². The number of anilines is 1. The lowest BCUT2D eigenvalue weighted by atomic mass is 10.1. The van der Waals surface area contributed by atoms with Gasteiger partial charge in [-0.25, -0.2) is 13.9 Å². The number of epoxide rings is 1. The van der Waals surface area contributed by atoms with Crippen LogP contribution in [0.15, 0.2) is 90.0 Å². The van der Waals surface area contributed by atoms with Crippen LogP contribution in [0, 0.1) is 0 Å². The number of aliphatic hydroxyl groups is 2. The third kappa shape index (κ3) is 29.2. The van der Waals surface area contributed by atoms with Crippen molar-refractivity contribution in [2.45, 2.75) is 198 Å². The highest BCUT2D eigenvalue weighted by atomic mass is 31.3. The molecule has 21 heteroatoms. The molecule has 2 aliphatic rings. The topological polar surface area (TPSA) is 278 Å². The molecule has 3 heterocycles. The smallest absolute Gasteiger partial charge is 0.462 e. The van der Waals surface area contributed by atoms with Gasteiger partial charge in [-0.05, 0) is 83.1 Å². The van der Waals surface area contributed by atoms with Gasteiger partial charge in [-0.3, -0.25) is 23.2 Å². The summed E-state index contributed by atoms with van der Waals surface area (Å²) in [6.45, 7) is 1.94. The van der Waals surface area contributed by atoms with Crippen molar-refractivity contribution in [3.63, 3.8) is 0 Å². The number of phosphoric acid groups is 2. The number of phosphoric ester groups is 2. The lowest BCUT2D eigenvalue weighted by molar-refractivity contribution is -0.161. The third-order valence-corrected chi connectivity index (χ3v) is 14.3. The van der Waals surface area contributed by atoms with Gasteiger partial charge in [-0.2, -0.15) is 9.29 Å². The number of aromatic nitrogens is 2. The molecule has 0 bridgehead atoms. The molecule has 73 heavy (non-hydrogen) atoms. The molecule has 0 aliphatic carbocycles. The van der Waals surface area contributed by atoms with Crippen LogP contribution in [0.25, 0.3) is 0 Å². The number of hydrogen-bond acceptors (Lipinski definition) is 16. The number of rotatable bonds is 41. The summed E-state index contributed by atoms with van der Waals surface area (Å²) in [4.78, 5) is 61.9. The van der Waals surface area contributed by atoms with Crippen LogP contribution in [0.5, 0.6) is 0 Å². The van der Waals surface area contributed by atoms with E-state index in [4.69, 9.17) is 33.7 Å². The van der Waals surface area contributed by atoms with E-state index in [0.717, 1.165) is 94.2 Å². The Hall–Kier alpha value is -3.84. The Morgan fingerprint density at radius 2 is 1.25 bits per heavy atom. The van der Waals surface area contributed by atoms with Crippen molar-refractivity contribution in [2.75, 3.05) is 25.6 Å². The highest BCUT2D eigenvalue weighted by Crippen LogP contribution is 2.60. The summed E-state index contributed by atoms with van der Waals surface area (Å²) in [5.41, 5.74) is 4.58. The maximum Gasteiger partial charge on any atom is 0.481 e. The molecular formula is C52H83N3O16P2. The third-order valence-electron chi connectivity index (χ3n) is 11.7. The van der Waals surface area contributed by atoms with Gasteiger partial charge in [0, 0.05) is 19.0 Å². The quantitative estimate of drug-likeness (QED) is 0.0134. The van der Waals surface area contributed by atoms with E-state index in [2.05, 4.69) is 77.8 Å². The molecule has 412 valence electrons. The first-order valence-electron chi connectivity index (χ1n) is 26.1. The van der Waals surface area contributed by atoms with Crippen LogP contribution in [-0.2, 0) is 51.0 Å². The van der Waals surface area contributed by atoms with Gasteiger partial charge in [0.1, 0.15) is 30.7 Å². The molecule has 0 radical (unpaired) electrons. The van der Waals surface area contributed by atoms with Crippen molar-refractivity contribution in [3.8, 4) is 0 Å². The van der Waals surface area contributed by atoms with E-state index in [9.17, 15) is 43.5 Å². The number of ether oxygens (including phenoxy) is 4. The van der Waals surface area contributed by atoms with E-state index >= 15 is 0 Å². The van der Waals surface area contributed by atoms with Crippen molar-refractivity contribution < 1.29 is 71.0 Å². The predicted octanol–water partition coefficient (Wildman–Crippen LogP) is 9.88. The minimum atomic E-state index is -5.44. The fourth-order valence-electron chi connectivity index (χ4n) is 7.55. The Bertz CT molecular complexity index is 2080. The Morgan fingerprint density at radius 1 is 0.685 bits per heavy atom. The molecule has 2 saturated heterocycles. The summed E-state index contributed by atoms with van der Waals surface area (Å²) in [5.74, 6) is -1.41. The zero-order valence-electron chi connectivity index (χ0n) is 42.9. The molecule has 3 rings (SSSR count). The summed E-state index contributed by atoms with van der Waals surface area (Å²) in [6, 6.07) is 1.24. The van der Waals surface area contributed by atoms with Gasteiger partial charge >= 0.3 is 33.3 Å². The monoisotopic (exact) mass is 1070 g/mol. The highest BCUT2D eigenvalue weighted by molar-refractivity contribution is 7.61. The first kappa shape index (κ1) is 63.5. The number of carbonyl (C=O) groups is 2. The number of carbonyl (C=O) groups excluding carboxylic acids is 2. The Kier molecular flexibility index (Phi) is 32.2. The number of esters is 2. The molecule has 9 atom stereocenters. The fourth-order valence-corrected chi connectivity index (χ4v) is 9.66. The SMILES string of the molecule is CC/C=C\CC1OC1C/C=C\C/C=C\C/C=C\C/C=C\CCC(=O)OC[C@H](COP(=O)(O)OP(=O)(O)OC[C@H]1O[C@@H](n2ccc(N)nc2=O)[C@H](O)[C@@H]1O)OC(=O)CCCCCCCCC/C=C\CCCCCC. The minimum absolute atomic E-state index is 0.00528. The van der Waals surface area contributed by atoms with Crippen molar-refractivity contribution >= 4 is 33.4 Å². The van der Waals surface area contributed by atoms with E-state index in [1.807, 2.05) is 18.2 Å². The summed E-state index contributed by atoms with van der Waals surface area (Å²) in [6.07, 6.45) is 38.9. The molecule has 2 fully saturated rings. The lowest BCUT2D eigenvalue weighted by Crippen LogP contribution is -2.36. The van der Waals surface area contributed by atoms with Gasteiger partial charge in [0.2, 0.25) is 0 Å². The van der Waals surface area contributed by atoms with Gasteiger partial charge in [0.05, 0.1) is 25.4 Å². The van der Waals surface area contributed by atoms with E-state index < -0.39 is 83.7 Å². The van der Waals surface area contributed by atoms with Crippen LogP contribution in [0.4, 0.5) is 5.82 Å². The van der Waals surface area contributed by atoms with Crippen molar-refractivity contribution in [1.82, 2.24) is 9.55 Å². The van der Waals surface area contributed by atoms with E-state index in [1.165, 1.54) is 31.7 Å². The van der Waals surface area contributed by atoms with Crippen LogP contribution in [0.3, 0.4) is 0 Å². The summed E-state index contributed by atoms with van der Waals surface area (Å²) >= 11 is 0. The zero-order chi connectivity index (χ0) is 53.2. The number of hydrogen-bond donors (Lipinski definition) is 5. The Morgan fingerprint density at radius 3 is 1.88 bits per heavy atom. The van der Waals surface area contributed by atoms with Crippen molar-refractivity contribution in [1.29, 1.82) is 0 Å². The summed E-state index contributed by atoms with van der Waals surface area (Å²) in [5, 5.41) is 20.9. The van der Waals surface area contributed by atoms with Gasteiger partial charge in [-0.15, -0.1) is 0 Å². The average molecular weight is 1070 g/mol. The van der Waals surface area contributed by atoms with Crippen LogP contribution in [0.1, 0.15) is 161 Å². The number of nitrogens with zero attached hydrogens (tertiary/aromatic N) is 2. The Labute approximate surface area is 431 Å². The van der Waals surface area contributed by atoms with Gasteiger partial charge in [0.25, 0.3) is 0 Å². The first-order chi connectivity index (χ1) is 35.1. The average Bonchev–Trinajstić information content (AvgIpc) is 4.04. The first-order valence-corrected chi connectivity index (χ1v) is 29.1.